The first-order valence-corrected chi connectivity index (χ1v) is 24.9. The van der Waals surface area contributed by atoms with Gasteiger partial charge in [-0.1, -0.05) is 28.0 Å². The van der Waals surface area contributed by atoms with Crippen LogP contribution >= 0.6 is 21.6 Å². The summed E-state index contributed by atoms with van der Waals surface area (Å²) in [6.07, 6.45) is 1.42. The number of hydrogen-bond acceptors (Lipinski definition) is 16. The lowest BCUT2D eigenvalue weighted by Gasteiger charge is -2.27. The van der Waals surface area contributed by atoms with Gasteiger partial charge in [0.2, 0.25) is 47.3 Å². The molecule has 71 heavy (non-hydrogen) atoms. The minimum absolute atomic E-state index is 0.000642. The average Bonchev–Trinajstić information content (AvgIpc) is 3.27. The maximum Gasteiger partial charge on any atom is 0.321 e. The van der Waals surface area contributed by atoms with Crippen LogP contribution in [0.2, 0.25) is 0 Å². The van der Waals surface area contributed by atoms with E-state index >= 15 is 0 Å². The van der Waals surface area contributed by atoms with Gasteiger partial charge in [0.15, 0.2) is 17.9 Å². The molecule has 0 aromatic heterocycles. The molecule has 0 unspecified atom stereocenters. The molecule has 0 spiro atoms. The van der Waals surface area contributed by atoms with Gasteiger partial charge in [-0.25, -0.2) is 0 Å². The van der Waals surface area contributed by atoms with E-state index in [2.05, 4.69) is 53.2 Å². The molecule has 27 N–H and O–H groups in total. The first kappa shape index (κ1) is 64.2. The third-order valence-electron chi connectivity index (χ3n) is 9.78. The lowest BCUT2D eigenvalue weighted by Crippen LogP contribution is -2.59. The van der Waals surface area contributed by atoms with Crippen LogP contribution in [0.25, 0.3) is 0 Å². The van der Waals surface area contributed by atoms with Gasteiger partial charge >= 0.3 is 5.97 Å². The molecule has 30 nitrogen and oxygen atoms in total. The number of nitrogens with one attached hydrogen (secondary N) is 14. The van der Waals surface area contributed by atoms with E-state index in [1.807, 2.05) is 0 Å². The van der Waals surface area contributed by atoms with Crippen molar-refractivity contribution in [1.82, 2.24) is 53.2 Å². The van der Waals surface area contributed by atoms with Gasteiger partial charge in [0, 0.05) is 44.5 Å². The van der Waals surface area contributed by atoms with E-state index in [0.29, 0.717) is 12.8 Å². The Labute approximate surface area is 419 Å². The number of guanidine groups is 3. The largest absolute Gasteiger partial charge is 0.480 e. The molecule has 0 aliphatic heterocycles. The maximum absolute atomic E-state index is 14.1. The molecule has 8 atom stereocenters. The topological polar surface area (TPSA) is 546 Å². The fourth-order valence-corrected chi connectivity index (χ4v) is 8.26. The number of aliphatic carboxylic acids is 1. The van der Waals surface area contributed by atoms with Crippen LogP contribution < -0.4 is 87.6 Å². The molecule has 0 heterocycles. The number of unbranched alkanes of at least 4 members (excludes halogenated alkanes) is 1. The molecule has 0 saturated carbocycles. The van der Waals surface area contributed by atoms with Gasteiger partial charge in [-0.3, -0.25) is 64.8 Å². The Bertz CT molecular complexity index is 1870. The van der Waals surface area contributed by atoms with E-state index in [-0.39, 0.29) is 106 Å². The van der Waals surface area contributed by atoms with E-state index in [9.17, 15) is 43.2 Å². The van der Waals surface area contributed by atoms with Crippen molar-refractivity contribution in [2.75, 3.05) is 31.1 Å². The Kier molecular flexibility index (Phi) is 31.9. The molecular formula is C39H74N20O10S2. The molecule has 0 fully saturated rings. The molecule has 8 amide bonds. The number of hydrogen-bond donors (Lipinski definition) is 21. The van der Waals surface area contributed by atoms with Crippen molar-refractivity contribution in [3.05, 3.63) is 0 Å². The summed E-state index contributed by atoms with van der Waals surface area (Å²) in [5, 5.41) is 64.2. The van der Waals surface area contributed by atoms with Gasteiger partial charge in [0.25, 0.3) is 0 Å². The minimum Gasteiger partial charge on any atom is -0.480 e. The van der Waals surface area contributed by atoms with Crippen LogP contribution in [0.5, 0.6) is 0 Å². The molecule has 32 heteroatoms. The Balaban J connectivity index is 6.49. The average molecular weight is 1050 g/mol. The standard InChI is InChI=1S/C39H74N20O10S2/c1-19(30(62)56-23(29(43)61)9-4-5-13-28(41)42)53-32(64)24(10-6-14-50-37(44)45)58-34(66)26(12-8-16-52-39(48)49)59-33(65)25(11-7-15-51-38(46)47)57-31(63)20(2)54-35(67)27(55-21(3)60)18-71-70-17-22(40)36(68)69/h19-20,22-27H,4-18,40H2,1-3H3,(H3,41,42)(H2,43,61)(H,53,64)(H,54,67)(H,55,60)(H,56,62)(H,57,63)(H,58,66)(H,59,65)(H,68,69)(H4,44,45,50)(H4,46,47,51)(H4,48,49,52)/t19-,20-,22+,23-,24-,25-,26-,27-/m1/s1. The van der Waals surface area contributed by atoms with Crippen LogP contribution in [0, 0.1) is 21.6 Å². The summed E-state index contributed by atoms with van der Waals surface area (Å²) in [6, 6.07) is -10.2. The first-order valence-electron chi connectivity index (χ1n) is 22.4. The van der Waals surface area contributed by atoms with Gasteiger partial charge in [-0.15, -0.1) is 0 Å². The van der Waals surface area contributed by atoms with Crippen molar-refractivity contribution in [1.29, 1.82) is 21.6 Å². The Morgan fingerprint density at radius 3 is 1.20 bits per heavy atom. The number of rotatable bonds is 37. The molecule has 402 valence electrons. The molecule has 0 rings (SSSR count). The normalized spacial score (nSPS) is 14.1. The number of carboxylic acids is 1. The molecule has 0 aliphatic carbocycles. The number of primary amides is 1. The van der Waals surface area contributed by atoms with Crippen molar-refractivity contribution in [3.8, 4) is 0 Å². The monoisotopic (exact) mass is 1050 g/mol. The predicted molar refractivity (Wildman–Crippen MR) is 268 cm³/mol. The second-order valence-corrected chi connectivity index (χ2v) is 18.6. The zero-order valence-electron chi connectivity index (χ0n) is 40.1. The third-order valence-corrected chi connectivity index (χ3v) is 12.2. The summed E-state index contributed by atoms with van der Waals surface area (Å²) in [5.74, 6) is -8.82. The SMILES string of the molecule is CC(=O)N[C@H](CSSC[C@H](N)C(=O)O)C(=O)N[C@H](C)C(=O)N[C@H](CCCNC(=N)N)C(=O)N[C@H](CCCNC(=N)N)C(=O)N[C@H](CCCNC(=N)N)C(=O)N[C@H](C)C(=O)N[C@H](CCCCC(=N)N)C(N)=O. The highest BCUT2D eigenvalue weighted by molar-refractivity contribution is 8.76. The molecule has 0 aromatic rings. The molecular weight excluding hydrogens is 973 g/mol. The van der Waals surface area contributed by atoms with Crippen molar-refractivity contribution in [2.45, 2.75) is 133 Å². The number of carboxylic acid groups (broad SMARTS) is 1. The van der Waals surface area contributed by atoms with Gasteiger partial charge in [0.1, 0.15) is 48.3 Å². The van der Waals surface area contributed by atoms with Crippen LogP contribution in [0.4, 0.5) is 0 Å². The Morgan fingerprint density at radius 1 is 0.479 bits per heavy atom. The second kappa shape index (κ2) is 35.3. The number of amidine groups is 1. The van der Waals surface area contributed by atoms with Crippen LogP contribution in [-0.4, -0.2) is 162 Å². The van der Waals surface area contributed by atoms with Crippen molar-refractivity contribution in [3.63, 3.8) is 0 Å². The lowest BCUT2D eigenvalue weighted by atomic mass is 10.0. The third kappa shape index (κ3) is 30.4. The molecule has 0 radical (unpaired) electrons. The number of carbonyl (C=O) groups is 9. The minimum atomic E-state index is -1.41. The van der Waals surface area contributed by atoms with Crippen molar-refractivity contribution < 1.29 is 48.3 Å². The van der Waals surface area contributed by atoms with E-state index in [4.69, 9.17) is 61.1 Å². The second-order valence-electron chi connectivity index (χ2n) is 16.1. The Morgan fingerprint density at radius 2 is 0.831 bits per heavy atom. The van der Waals surface area contributed by atoms with E-state index < -0.39 is 102 Å². The van der Waals surface area contributed by atoms with Crippen LogP contribution in [0.1, 0.15) is 85.0 Å². The quantitative estimate of drug-likeness (QED) is 0.0119. The zero-order valence-corrected chi connectivity index (χ0v) is 41.8. The van der Waals surface area contributed by atoms with Crippen LogP contribution in [0.15, 0.2) is 0 Å². The van der Waals surface area contributed by atoms with Gasteiger partial charge in [-0.05, 0) is 65.2 Å². The van der Waals surface area contributed by atoms with E-state index in [0.717, 1.165) is 21.6 Å². The maximum atomic E-state index is 14.1. The highest BCUT2D eigenvalue weighted by Gasteiger charge is 2.32. The Hall–Kier alpha value is -6.83. The summed E-state index contributed by atoms with van der Waals surface area (Å²) in [7, 11) is 2.12. The lowest BCUT2D eigenvalue weighted by molar-refractivity contribution is -0.138. The summed E-state index contributed by atoms with van der Waals surface area (Å²) in [6.45, 7) is 4.07. The highest BCUT2D eigenvalue weighted by atomic mass is 33.1. The smallest absolute Gasteiger partial charge is 0.321 e. The summed E-state index contributed by atoms with van der Waals surface area (Å²) >= 11 is 0. The molecule has 0 saturated heterocycles. The predicted octanol–water partition coefficient (Wildman–Crippen LogP) is -6.00. The fourth-order valence-electron chi connectivity index (χ4n) is 5.98. The number of carbonyl (C=O) groups excluding carboxylic acids is 8. The summed E-state index contributed by atoms with van der Waals surface area (Å²) in [5.41, 5.74) is 32.6. The molecule has 0 bridgehead atoms. The van der Waals surface area contributed by atoms with Gasteiger partial charge in [0.05, 0.1) is 5.84 Å². The highest BCUT2D eigenvalue weighted by Crippen LogP contribution is 2.23. The van der Waals surface area contributed by atoms with Gasteiger partial charge in [-0.2, -0.15) is 0 Å². The zero-order chi connectivity index (χ0) is 54.2. The first-order chi connectivity index (χ1) is 33.2. The summed E-state index contributed by atoms with van der Waals surface area (Å²) < 4.78 is 0. The van der Waals surface area contributed by atoms with E-state index in [1.165, 1.54) is 20.8 Å². The number of nitrogens with two attached hydrogens (primary N) is 6. The van der Waals surface area contributed by atoms with Crippen LogP contribution in [0.3, 0.4) is 0 Å². The fraction of sp³-hybridized carbons (Fsp3) is 0.667. The summed E-state index contributed by atoms with van der Waals surface area (Å²) in [4.78, 5) is 117. The van der Waals surface area contributed by atoms with Crippen molar-refractivity contribution >= 4 is 98.5 Å². The van der Waals surface area contributed by atoms with E-state index in [1.54, 1.807) is 0 Å². The molecule has 0 aliphatic rings. The molecule has 0 aromatic carbocycles. The van der Waals surface area contributed by atoms with Crippen LogP contribution in [-0.2, 0) is 43.2 Å². The number of amides is 8. The van der Waals surface area contributed by atoms with Crippen molar-refractivity contribution in [2.24, 2.45) is 34.4 Å². The van der Waals surface area contributed by atoms with Gasteiger partial charge < -0.3 is 92.7 Å².